The van der Waals surface area contributed by atoms with E-state index in [2.05, 4.69) is 0 Å². The third kappa shape index (κ3) is 3.73. The SMILES string of the molecule is COc1ccc(COC(=O)C2(N)CCCCCC2)cc1. The summed E-state index contributed by atoms with van der Waals surface area (Å²) in [5.74, 6) is 0.523. The van der Waals surface area contributed by atoms with Crippen LogP contribution in [0.1, 0.15) is 44.1 Å². The van der Waals surface area contributed by atoms with Crippen molar-refractivity contribution in [3.63, 3.8) is 0 Å². The van der Waals surface area contributed by atoms with E-state index < -0.39 is 5.54 Å². The maximum absolute atomic E-state index is 12.2. The molecule has 0 saturated heterocycles. The second-order valence-electron chi connectivity index (χ2n) is 5.49. The fourth-order valence-corrected chi connectivity index (χ4v) is 2.58. The smallest absolute Gasteiger partial charge is 0.326 e. The number of hydrogen-bond donors (Lipinski definition) is 1. The molecular formula is C16H23NO3. The van der Waals surface area contributed by atoms with Crippen LogP contribution in [-0.4, -0.2) is 18.6 Å². The maximum Gasteiger partial charge on any atom is 0.326 e. The topological polar surface area (TPSA) is 61.5 Å². The van der Waals surface area contributed by atoms with E-state index >= 15 is 0 Å². The van der Waals surface area contributed by atoms with Gasteiger partial charge in [0.2, 0.25) is 0 Å². The molecule has 20 heavy (non-hydrogen) atoms. The average Bonchev–Trinajstić information content (AvgIpc) is 2.71. The van der Waals surface area contributed by atoms with Gasteiger partial charge in [-0.1, -0.05) is 37.8 Å². The minimum absolute atomic E-state index is 0.266. The Kier molecular flexibility index (Phi) is 5.01. The fraction of sp³-hybridized carbons (Fsp3) is 0.562. The number of methoxy groups -OCH3 is 1. The highest BCUT2D eigenvalue weighted by Crippen LogP contribution is 2.26. The summed E-state index contributed by atoms with van der Waals surface area (Å²) in [6.07, 6.45) is 5.79. The molecule has 0 spiro atoms. The average molecular weight is 277 g/mol. The molecule has 0 heterocycles. The van der Waals surface area contributed by atoms with E-state index in [0.717, 1.165) is 49.8 Å². The van der Waals surface area contributed by atoms with Crippen molar-refractivity contribution in [2.45, 2.75) is 50.7 Å². The van der Waals surface area contributed by atoms with Gasteiger partial charge in [-0.25, -0.2) is 0 Å². The molecule has 0 amide bonds. The monoisotopic (exact) mass is 277 g/mol. The summed E-state index contributed by atoms with van der Waals surface area (Å²) in [6.45, 7) is 0.266. The Hall–Kier alpha value is -1.55. The van der Waals surface area contributed by atoms with Crippen LogP contribution in [0.5, 0.6) is 5.75 Å². The van der Waals surface area contributed by atoms with E-state index in [9.17, 15) is 4.79 Å². The number of carbonyl (C=O) groups is 1. The first kappa shape index (κ1) is 14.9. The molecule has 1 fully saturated rings. The van der Waals surface area contributed by atoms with Crippen LogP contribution in [0.4, 0.5) is 0 Å². The predicted octanol–water partition coefficient (Wildman–Crippen LogP) is 2.79. The van der Waals surface area contributed by atoms with Crippen molar-refractivity contribution >= 4 is 5.97 Å². The van der Waals surface area contributed by atoms with Gasteiger partial charge in [0.25, 0.3) is 0 Å². The van der Waals surface area contributed by atoms with E-state index in [1.807, 2.05) is 24.3 Å². The second-order valence-corrected chi connectivity index (χ2v) is 5.49. The third-order valence-corrected chi connectivity index (χ3v) is 3.93. The van der Waals surface area contributed by atoms with Crippen molar-refractivity contribution in [3.8, 4) is 5.75 Å². The van der Waals surface area contributed by atoms with Crippen molar-refractivity contribution < 1.29 is 14.3 Å². The summed E-state index contributed by atoms with van der Waals surface area (Å²) >= 11 is 0. The van der Waals surface area contributed by atoms with Gasteiger partial charge in [0.1, 0.15) is 17.9 Å². The molecule has 4 nitrogen and oxygen atoms in total. The molecule has 0 aliphatic heterocycles. The Bertz CT molecular complexity index is 434. The highest BCUT2D eigenvalue weighted by molar-refractivity contribution is 5.80. The number of ether oxygens (including phenoxy) is 2. The van der Waals surface area contributed by atoms with Crippen molar-refractivity contribution in [3.05, 3.63) is 29.8 Å². The zero-order chi connectivity index (χ0) is 14.4. The summed E-state index contributed by atoms with van der Waals surface area (Å²) in [7, 11) is 1.62. The van der Waals surface area contributed by atoms with Gasteiger partial charge >= 0.3 is 5.97 Å². The minimum Gasteiger partial charge on any atom is -0.497 e. The zero-order valence-corrected chi connectivity index (χ0v) is 12.1. The third-order valence-electron chi connectivity index (χ3n) is 3.93. The Balaban J connectivity index is 1.90. The summed E-state index contributed by atoms with van der Waals surface area (Å²) in [6, 6.07) is 7.49. The Morgan fingerprint density at radius 2 is 1.75 bits per heavy atom. The van der Waals surface area contributed by atoms with Crippen molar-refractivity contribution in [2.24, 2.45) is 5.73 Å². The molecule has 1 aromatic carbocycles. The van der Waals surface area contributed by atoms with Crippen molar-refractivity contribution in [1.82, 2.24) is 0 Å². The lowest BCUT2D eigenvalue weighted by molar-refractivity contribution is -0.152. The molecule has 110 valence electrons. The molecule has 1 aliphatic rings. The number of benzene rings is 1. The molecular weight excluding hydrogens is 254 g/mol. The first-order valence-corrected chi connectivity index (χ1v) is 7.23. The van der Waals surface area contributed by atoms with E-state index in [1.165, 1.54) is 0 Å². The van der Waals surface area contributed by atoms with Gasteiger partial charge in [0, 0.05) is 0 Å². The zero-order valence-electron chi connectivity index (χ0n) is 12.1. The van der Waals surface area contributed by atoms with Gasteiger partial charge < -0.3 is 15.2 Å². The van der Waals surface area contributed by atoms with Gasteiger partial charge in [-0.15, -0.1) is 0 Å². The number of carbonyl (C=O) groups excluding carboxylic acids is 1. The number of hydrogen-bond acceptors (Lipinski definition) is 4. The quantitative estimate of drug-likeness (QED) is 0.679. The largest absolute Gasteiger partial charge is 0.497 e. The molecule has 2 N–H and O–H groups in total. The van der Waals surface area contributed by atoms with Crippen LogP contribution in [-0.2, 0) is 16.1 Å². The number of esters is 1. The van der Waals surface area contributed by atoms with Crippen molar-refractivity contribution in [2.75, 3.05) is 7.11 Å². The summed E-state index contributed by atoms with van der Waals surface area (Å²) < 4.78 is 10.5. The molecule has 2 rings (SSSR count). The van der Waals surface area contributed by atoms with Crippen LogP contribution in [0, 0.1) is 0 Å². The lowest BCUT2D eigenvalue weighted by atomic mass is 9.92. The van der Waals surface area contributed by atoms with Gasteiger partial charge in [-0.2, -0.15) is 0 Å². The molecule has 1 saturated carbocycles. The van der Waals surface area contributed by atoms with Crippen LogP contribution >= 0.6 is 0 Å². The Morgan fingerprint density at radius 3 is 2.30 bits per heavy atom. The molecule has 4 heteroatoms. The second kappa shape index (κ2) is 6.75. The van der Waals surface area contributed by atoms with Gasteiger partial charge in [-0.3, -0.25) is 4.79 Å². The molecule has 0 bridgehead atoms. The maximum atomic E-state index is 12.2. The molecule has 0 unspecified atom stereocenters. The highest BCUT2D eigenvalue weighted by Gasteiger charge is 2.35. The first-order valence-electron chi connectivity index (χ1n) is 7.23. The molecule has 1 aromatic rings. The van der Waals surface area contributed by atoms with E-state index in [4.69, 9.17) is 15.2 Å². The first-order chi connectivity index (χ1) is 9.64. The number of nitrogens with two attached hydrogens (primary N) is 1. The molecule has 0 radical (unpaired) electrons. The van der Waals surface area contributed by atoms with E-state index in [1.54, 1.807) is 7.11 Å². The van der Waals surface area contributed by atoms with Gasteiger partial charge in [0.15, 0.2) is 0 Å². The van der Waals surface area contributed by atoms with E-state index in [0.29, 0.717) is 0 Å². The Labute approximate surface area is 120 Å². The normalized spacial score (nSPS) is 18.1. The van der Waals surface area contributed by atoms with Gasteiger partial charge in [-0.05, 0) is 30.5 Å². The lowest BCUT2D eigenvalue weighted by Crippen LogP contribution is -2.48. The van der Waals surface area contributed by atoms with Crippen LogP contribution in [0.3, 0.4) is 0 Å². The summed E-state index contributed by atoms with van der Waals surface area (Å²) in [5.41, 5.74) is 6.37. The van der Waals surface area contributed by atoms with Crippen LogP contribution in [0.25, 0.3) is 0 Å². The van der Waals surface area contributed by atoms with Crippen LogP contribution < -0.4 is 10.5 Å². The highest BCUT2D eigenvalue weighted by atomic mass is 16.5. The summed E-state index contributed by atoms with van der Waals surface area (Å²) in [4.78, 5) is 12.2. The van der Waals surface area contributed by atoms with E-state index in [-0.39, 0.29) is 12.6 Å². The standard InChI is InChI=1S/C16H23NO3/c1-19-14-8-6-13(7-9-14)12-20-15(18)16(17)10-4-2-3-5-11-16/h6-9H,2-5,10-12,17H2,1H3. The molecule has 1 aliphatic carbocycles. The van der Waals surface area contributed by atoms with Crippen LogP contribution in [0.15, 0.2) is 24.3 Å². The molecule has 0 aromatic heterocycles. The lowest BCUT2D eigenvalue weighted by Gasteiger charge is -2.25. The Morgan fingerprint density at radius 1 is 1.15 bits per heavy atom. The van der Waals surface area contributed by atoms with Gasteiger partial charge in [0.05, 0.1) is 7.11 Å². The molecule has 0 atom stereocenters. The van der Waals surface area contributed by atoms with Crippen molar-refractivity contribution in [1.29, 1.82) is 0 Å². The van der Waals surface area contributed by atoms with Crippen LogP contribution in [0.2, 0.25) is 0 Å². The minimum atomic E-state index is -0.789. The number of rotatable bonds is 4. The summed E-state index contributed by atoms with van der Waals surface area (Å²) in [5, 5.41) is 0. The predicted molar refractivity (Wildman–Crippen MR) is 77.4 cm³/mol. The fourth-order valence-electron chi connectivity index (χ4n) is 2.58.